The molecule has 10 heteroatoms. The molecule has 0 aromatic carbocycles. The van der Waals surface area contributed by atoms with Crippen molar-refractivity contribution in [2.75, 3.05) is 40.9 Å². The van der Waals surface area contributed by atoms with E-state index in [0.29, 0.717) is 23.9 Å². The number of ether oxygens (including phenoxy) is 1. The van der Waals surface area contributed by atoms with Crippen LogP contribution in [0.4, 0.5) is 0 Å². The lowest BCUT2D eigenvalue weighted by Crippen LogP contribution is -2.47. The highest BCUT2D eigenvalue weighted by molar-refractivity contribution is 7.47. The number of unbranched alkanes of at least 4 members (excludes halogenated alkanes) is 43. The van der Waals surface area contributed by atoms with Gasteiger partial charge in [-0.3, -0.25) is 18.6 Å². The van der Waals surface area contributed by atoms with Crippen LogP contribution in [0, 0.1) is 0 Å². The van der Waals surface area contributed by atoms with Gasteiger partial charge in [-0.25, -0.2) is 4.57 Å². The topological polar surface area (TPSA) is 111 Å². The number of phosphoric ester groups is 1. The molecule has 482 valence electrons. The van der Waals surface area contributed by atoms with Gasteiger partial charge in [-0.1, -0.05) is 294 Å². The van der Waals surface area contributed by atoms with Gasteiger partial charge in [-0.15, -0.1) is 0 Å². The number of carbonyl (C=O) groups excluding carboxylic acids is 2. The van der Waals surface area contributed by atoms with Crippen molar-refractivity contribution >= 4 is 19.7 Å². The van der Waals surface area contributed by atoms with Crippen molar-refractivity contribution in [3.05, 3.63) is 48.6 Å². The van der Waals surface area contributed by atoms with Crippen LogP contribution in [0.3, 0.4) is 0 Å². The number of rotatable bonds is 65. The third-order valence-electron chi connectivity index (χ3n) is 16.0. The van der Waals surface area contributed by atoms with Crippen LogP contribution in [-0.4, -0.2) is 74.3 Å². The Bertz CT molecular complexity index is 1540. The Kier molecular flexibility index (Phi) is 60.5. The molecule has 0 radical (unpaired) electrons. The molecule has 3 unspecified atom stereocenters. The Balaban J connectivity index is 5.06. The summed E-state index contributed by atoms with van der Waals surface area (Å²) in [4.78, 5) is 37.9. The molecular weight excluding hydrogens is 1040 g/mol. The Hall–Kier alpha value is -2.03. The van der Waals surface area contributed by atoms with Gasteiger partial charge >= 0.3 is 13.8 Å². The number of nitrogens with zero attached hydrogens (tertiary/aromatic N) is 1. The fraction of sp³-hybridized carbons (Fsp3) is 0.861. The Morgan fingerprint density at radius 1 is 0.427 bits per heavy atom. The maximum atomic E-state index is 13.6. The van der Waals surface area contributed by atoms with Crippen LogP contribution < -0.4 is 5.32 Å². The summed E-state index contributed by atoms with van der Waals surface area (Å²) in [5.41, 5.74) is 0. The van der Waals surface area contributed by atoms with E-state index < -0.39 is 20.0 Å². The first-order valence-electron chi connectivity index (χ1n) is 35.5. The van der Waals surface area contributed by atoms with Gasteiger partial charge in [0.1, 0.15) is 19.3 Å². The first-order chi connectivity index (χ1) is 39.9. The average molecular weight is 1170 g/mol. The minimum absolute atomic E-state index is 0.0414. The molecule has 82 heavy (non-hydrogen) atoms. The summed E-state index contributed by atoms with van der Waals surface area (Å²) < 4.78 is 30.8. The fourth-order valence-corrected chi connectivity index (χ4v) is 11.2. The second-order valence-electron chi connectivity index (χ2n) is 25.4. The molecule has 3 atom stereocenters. The van der Waals surface area contributed by atoms with E-state index in [1.54, 1.807) is 0 Å². The highest BCUT2D eigenvalue weighted by Crippen LogP contribution is 2.43. The lowest BCUT2D eigenvalue weighted by molar-refractivity contribution is -0.870. The summed E-state index contributed by atoms with van der Waals surface area (Å²) in [6.07, 6.45) is 78.3. The lowest BCUT2D eigenvalue weighted by Gasteiger charge is -2.27. The number of likely N-dealkylation sites (N-methyl/N-ethyl adjacent to an activating group) is 1. The SMILES string of the molecule is CCCCC/C=C\C/C=C\CCCCCCCCCCCCCCCC(=O)OC(/C=C/CCCCCCCCCCCC)C(COP(=O)(O)OCC[N+](C)(C)C)NC(=O)CCCCCCCCCCCCC/C=C/CCCCCCCC. The second kappa shape index (κ2) is 62.0. The standard InChI is InChI=1S/C72H137N2O7P/c1-7-10-13-16-19-22-25-28-30-32-34-36-37-39-41-43-45-47-50-53-56-59-62-65-72(76)81-70(63-60-57-54-51-48-27-24-21-18-15-12-9-3)69(68-80-82(77,78)79-67-66-74(4,5)6)73-71(75)64-61-58-55-52-49-46-44-42-40-38-35-33-31-29-26-23-20-17-14-11-8-2/h19,22,28-31,60,63,69-70H,7-18,20-21,23-27,32-59,61-62,64-68H2,1-6H3,(H-,73,75,77,78)/p+1/b22-19-,30-28-,31-29+,63-60+. The molecule has 0 bridgehead atoms. The first kappa shape index (κ1) is 80.0. The first-order valence-corrected chi connectivity index (χ1v) is 37.0. The zero-order valence-corrected chi connectivity index (χ0v) is 56.1. The zero-order valence-electron chi connectivity index (χ0n) is 55.2. The third kappa shape index (κ3) is 62.5. The summed E-state index contributed by atoms with van der Waals surface area (Å²) in [5.74, 6) is -0.492. The second-order valence-corrected chi connectivity index (χ2v) is 26.9. The van der Waals surface area contributed by atoms with E-state index >= 15 is 0 Å². The molecule has 1 amide bonds. The number of allylic oxidation sites excluding steroid dienone is 7. The van der Waals surface area contributed by atoms with Crippen LogP contribution in [0.2, 0.25) is 0 Å². The predicted octanol–water partition coefficient (Wildman–Crippen LogP) is 22.4. The molecule has 0 aromatic rings. The minimum atomic E-state index is -4.45. The monoisotopic (exact) mass is 1170 g/mol. The van der Waals surface area contributed by atoms with Crippen LogP contribution in [0.1, 0.15) is 348 Å². The fourth-order valence-electron chi connectivity index (χ4n) is 10.5. The van der Waals surface area contributed by atoms with Gasteiger partial charge in [0, 0.05) is 12.8 Å². The van der Waals surface area contributed by atoms with Crippen LogP contribution in [-0.2, 0) is 27.9 Å². The molecule has 2 N–H and O–H groups in total. The van der Waals surface area contributed by atoms with E-state index in [1.807, 2.05) is 33.3 Å². The Morgan fingerprint density at radius 3 is 1.13 bits per heavy atom. The van der Waals surface area contributed by atoms with Crippen LogP contribution in [0.25, 0.3) is 0 Å². The summed E-state index contributed by atoms with van der Waals surface area (Å²) in [6, 6.07) is -0.848. The number of nitrogens with one attached hydrogen (secondary N) is 1. The average Bonchev–Trinajstić information content (AvgIpc) is 3.44. The predicted molar refractivity (Wildman–Crippen MR) is 355 cm³/mol. The van der Waals surface area contributed by atoms with Gasteiger partial charge in [-0.2, -0.15) is 0 Å². The number of esters is 1. The van der Waals surface area contributed by atoms with Gasteiger partial charge in [0.05, 0.1) is 33.8 Å². The van der Waals surface area contributed by atoms with Crippen molar-refractivity contribution in [3.8, 4) is 0 Å². The molecule has 0 heterocycles. The molecule has 0 saturated carbocycles. The van der Waals surface area contributed by atoms with E-state index in [2.05, 4.69) is 62.5 Å². The van der Waals surface area contributed by atoms with Gasteiger partial charge in [0.25, 0.3) is 0 Å². The van der Waals surface area contributed by atoms with E-state index in [0.717, 1.165) is 64.2 Å². The molecule has 0 aromatic heterocycles. The lowest BCUT2D eigenvalue weighted by atomic mass is 10.0. The summed E-state index contributed by atoms with van der Waals surface area (Å²) >= 11 is 0. The van der Waals surface area contributed by atoms with E-state index in [9.17, 15) is 19.0 Å². The van der Waals surface area contributed by atoms with Gasteiger partial charge in [-0.05, 0) is 89.5 Å². The molecule has 0 aliphatic heterocycles. The number of amides is 1. The number of hydrogen-bond donors (Lipinski definition) is 2. The number of hydrogen-bond acceptors (Lipinski definition) is 6. The number of quaternary nitrogens is 1. The van der Waals surface area contributed by atoms with Crippen molar-refractivity contribution in [2.24, 2.45) is 0 Å². The van der Waals surface area contributed by atoms with Gasteiger partial charge in [0.15, 0.2) is 0 Å². The van der Waals surface area contributed by atoms with Crippen molar-refractivity contribution in [1.82, 2.24) is 5.32 Å². The van der Waals surface area contributed by atoms with Crippen molar-refractivity contribution < 1.29 is 37.3 Å². The maximum absolute atomic E-state index is 13.6. The molecular formula is C72H138N2O7P+. The molecule has 0 spiro atoms. The molecule has 0 fully saturated rings. The number of phosphoric acid groups is 1. The highest BCUT2D eigenvalue weighted by atomic mass is 31.2. The molecule has 0 aliphatic rings. The third-order valence-corrected chi connectivity index (χ3v) is 17.0. The van der Waals surface area contributed by atoms with Gasteiger partial charge < -0.3 is 19.4 Å². The molecule has 0 saturated heterocycles. The number of carbonyl (C=O) groups is 2. The largest absolute Gasteiger partial charge is 0.472 e. The van der Waals surface area contributed by atoms with Gasteiger partial charge in [0.2, 0.25) is 5.91 Å². The maximum Gasteiger partial charge on any atom is 0.472 e. The molecule has 0 aliphatic carbocycles. The van der Waals surface area contributed by atoms with Crippen LogP contribution >= 0.6 is 7.82 Å². The molecule has 0 rings (SSSR count). The minimum Gasteiger partial charge on any atom is -0.456 e. The smallest absolute Gasteiger partial charge is 0.456 e. The van der Waals surface area contributed by atoms with E-state index in [-0.39, 0.29) is 25.1 Å². The van der Waals surface area contributed by atoms with Crippen molar-refractivity contribution in [3.63, 3.8) is 0 Å². The zero-order chi connectivity index (χ0) is 60.0. The highest BCUT2D eigenvalue weighted by Gasteiger charge is 2.30. The summed E-state index contributed by atoms with van der Waals surface area (Å²) in [7, 11) is 1.51. The van der Waals surface area contributed by atoms with E-state index in [1.165, 1.54) is 250 Å². The summed E-state index contributed by atoms with van der Waals surface area (Å²) in [6.45, 7) is 7.03. The summed E-state index contributed by atoms with van der Waals surface area (Å²) in [5, 5.41) is 3.07. The quantitative estimate of drug-likeness (QED) is 0.0205. The Labute approximate surface area is 509 Å². The van der Waals surface area contributed by atoms with E-state index in [4.69, 9.17) is 13.8 Å². The van der Waals surface area contributed by atoms with Crippen molar-refractivity contribution in [2.45, 2.75) is 360 Å². The van der Waals surface area contributed by atoms with Crippen LogP contribution in [0.15, 0.2) is 48.6 Å². The molecule has 9 nitrogen and oxygen atoms in total. The van der Waals surface area contributed by atoms with Crippen LogP contribution in [0.5, 0.6) is 0 Å². The Morgan fingerprint density at radius 2 is 0.744 bits per heavy atom. The normalized spacial score (nSPS) is 13.8. The van der Waals surface area contributed by atoms with Crippen molar-refractivity contribution in [1.29, 1.82) is 0 Å².